The Balaban J connectivity index is 1.71. The first kappa shape index (κ1) is 20.5. The summed E-state index contributed by atoms with van der Waals surface area (Å²) in [7, 11) is 1.69. The van der Waals surface area contributed by atoms with Crippen LogP contribution in [-0.2, 0) is 16.0 Å². The van der Waals surface area contributed by atoms with Gasteiger partial charge in [0.1, 0.15) is 5.75 Å². The highest BCUT2D eigenvalue weighted by molar-refractivity contribution is 5.79. The first-order valence-electron chi connectivity index (χ1n) is 9.57. The highest BCUT2D eigenvalue weighted by atomic mass is 16.5. The van der Waals surface area contributed by atoms with Gasteiger partial charge in [0.25, 0.3) is 0 Å². The third-order valence-electron chi connectivity index (χ3n) is 4.20. The number of benzene rings is 1. The van der Waals surface area contributed by atoms with Crippen molar-refractivity contribution >= 4 is 5.96 Å². The molecule has 1 atom stereocenters. The maximum Gasteiger partial charge on any atom is 0.191 e. The van der Waals surface area contributed by atoms with Gasteiger partial charge in [0.15, 0.2) is 5.96 Å². The number of rotatable bonds is 10. The van der Waals surface area contributed by atoms with E-state index in [0.29, 0.717) is 19.3 Å². The van der Waals surface area contributed by atoms with E-state index in [1.54, 1.807) is 7.11 Å². The molecule has 26 heavy (non-hydrogen) atoms. The molecule has 1 aromatic rings. The summed E-state index contributed by atoms with van der Waals surface area (Å²) < 4.78 is 16.6. The number of guanidine groups is 1. The summed E-state index contributed by atoms with van der Waals surface area (Å²) in [4.78, 5) is 4.66. The van der Waals surface area contributed by atoms with Gasteiger partial charge in [-0.3, -0.25) is 0 Å². The van der Waals surface area contributed by atoms with Gasteiger partial charge in [0.05, 0.1) is 26.4 Å². The molecule has 1 heterocycles. The van der Waals surface area contributed by atoms with Crippen LogP contribution in [0.1, 0.15) is 37.3 Å². The number of hydrogen-bond donors (Lipinski definition) is 2. The fourth-order valence-corrected chi connectivity index (χ4v) is 2.92. The quantitative estimate of drug-likeness (QED) is 0.380. The van der Waals surface area contributed by atoms with Gasteiger partial charge < -0.3 is 24.8 Å². The van der Waals surface area contributed by atoms with Gasteiger partial charge in [0.2, 0.25) is 0 Å². The average molecular weight is 364 g/mol. The number of methoxy groups -OCH3 is 1. The van der Waals surface area contributed by atoms with Crippen LogP contribution in [0.15, 0.2) is 23.2 Å². The molecule has 6 heteroatoms. The predicted molar refractivity (Wildman–Crippen MR) is 105 cm³/mol. The van der Waals surface area contributed by atoms with Gasteiger partial charge in [-0.05, 0) is 56.4 Å². The van der Waals surface area contributed by atoms with Crippen LogP contribution in [-0.4, -0.2) is 52.1 Å². The van der Waals surface area contributed by atoms with Crippen molar-refractivity contribution in [1.29, 1.82) is 0 Å². The fraction of sp³-hybridized carbons (Fsp3) is 0.650. The van der Waals surface area contributed by atoms with Gasteiger partial charge in [0, 0.05) is 26.3 Å². The van der Waals surface area contributed by atoms with Crippen LogP contribution < -0.4 is 15.4 Å². The fourth-order valence-electron chi connectivity index (χ4n) is 2.92. The van der Waals surface area contributed by atoms with E-state index in [-0.39, 0.29) is 0 Å². The first-order chi connectivity index (χ1) is 12.7. The number of hydrogen-bond acceptors (Lipinski definition) is 4. The lowest BCUT2D eigenvalue weighted by atomic mass is 10.1. The SMILES string of the molecule is CCNC(=NCc1cc(C)cc(OC)c1)NCCCOCC1CCCO1. The molecule has 0 aromatic heterocycles. The molecule has 1 fully saturated rings. The van der Waals surface area contributed by atoms with E-state index >= 15 is 0 Å². The van der Waals surface area contributed by atoms with E-state index < -0.39 is 0 Å². The molecule has 1 saturated heterocycles. The van der Waals surface area contributed by atoms with Crippen LogP contribution in [0.4, 0.5) is 0 Å². The topological polar surface area (TPSA) is 64.1 Å². The average Bonchev–Trinajstić information content (AvgIpc) is 3.15. The summed E-state index contributed by atoms with van der Waals surface area (Å²) in [6.45, 7) is 8.74. The summed E-state index contributed by atoms with van der Waals surface area (Å²) in [5.41, 5.74) is 2.31. The van der Waals surface area contributed by atoms with Crippen molar-refractivity contribution in [1.82, 2.24) is 10.6 Å². The molecule has 0 amide bonds. The van der Waals surface area contributed by atoms with Crippen molar-refractivity contribution in [2.75, 3.05) is 40.0 Å². The maximum atomic E-state index is 5.69. The van der Waals surface area contributed by atoms with Crippen LogP contribution in [0, 0.1) is 6.92 Å². The number of aliphatic imine (C=N–C) groups is 1. The second kappa shape index (κ2) is 11.8. The molecular weight excluding hydrogens is 330 g/mol. The maximum absolute atomic E-state index is 5.69. The van der Waals surface area contributed by atoms with Gasteiger partial charge in [-0.25, -0.2) is 4.99 Å². The summed E-state index contributed by atoms with van der Waals surface area (Å²) in [5.74, 6) is 1.70. The Hall–Kier alpha value is -1.79. The van der Waals surface area contributed by atoms with Crippen molar-refractivity contribution in [2.45, 2.75) is 45.8 Å². The minimum atomic E-state index is 0.299. The Morgan fingerprint density at radius 2 is 2.19 bits per heavy atom. The molecule has 0 radical (unpaired) electrons. The normalized spacial score (nSPS) is 17.3. The summed E-state index contributed by atoms with van der Waals surface area (Å²) in [6.07, 6.45) is 3.52. The number of nitrogens with zero attached hydrogens (tertiary/aromatic N) is 1. The van der Waals surface area contributed by atoms with E-state index in [2.05, 4.69) is 35.5 Å². The van der Waals surface area contributed by atoms with E-state index in [1.807, 2.05) is 12.1 Å². The zero-order valence-electron chi connectivity index (χ0n) is 16.3. The van der Waals surface area contributed by atoms with E-state index in [1.165, 1.54) is 5.56 Å². The molecule has 1 aliphatic rings. The molecule has 0 bridgehead atoms. The summed E-state index contributed by atoms with van der Waals surface area (Å²) in [6, 6.07) is 6.18. The zero-order chi connectivity index (χ0) is 18.6. The Bertz CT molecular complexity index is 557. The predicted octanol–water partition coefficient (Wildman–Crippen LogP) is 2.64. The Kier molecular flexibility index (Phi) is 9.28. The minimum absolute atomic E-state index is 0.299. The molecule has 6 nitrogen and oxygen atoms in total. The second-order valence-electron chi connectivity index (χ2n) is 6.54. The Labute approximate surface area is 157 Å². The summed E-state index contributed by atoms with van der Waals surface area (Å²) >= 11 is 0. The molecule has 1 aromatic carbocycles. The van der Waals surface area contributed by atoms with E-state index in [9.17, 15) is 0 Å². The van der Waals surface area contributed by atoms with Gasteiger partial charge in [-0.1, -0.05) is 6.07 Å². The zero-order valence-corrected chi connectivity index (χ0v) is 16.3. The largest absolute Gasteiger partial charge is 0.497 e. The Morgan fingerprint density at radius 3 is 2.92 bits per heavy atom. The highest BCUT2D eigenvalue weighted by Crippen LogP contribution is 2.17. The van der Waals surface area contributed by atoms with Crippen molar-refractivity contribution in [3.8, 4) is 5.75 Å². The van der Waals surface area contributed by atoms with Crippen LogP contribution in [0.5, 0.6) is 5.75 Å². The number of aryl methyl sites for hydroxylation is 1. The molecule has 2 N–H and O–H groups in total. The lowest BCUT2D eigenvalue weighted by Crippen LogP contribution is -2.38. The molecule has 1 aliphatic heterocycles. The van der Waals surface area contributed by atoms with Crippen LogP contribution in [0.25, 0.3) is 0 Å². The molecule has 146 valence electrons. The van der Waals surface area contributed by atoms with E-state index in [0.717, 1.165) is 62.8 Å². The monoisotopic (exact) mass is 363 g/mol. The molecule has 0 saturated carbocycles. The minimum Gasteiger partial charge on any atom is -0.497 e. The first-order valence-corrected chi connectivity index (χ1v) is 9.57. The third-order valence-corrected chi connectivity index (χ3v) is 4.20. The van der Waals surface area contributed by atoms with Crippen molar-refractivity contribution in [2.24, 2.45) is 4.99 Å². The third kappa shape index (κ3) is 7.62. The highest BCUT2D eigenvalue weighted by Gasteiger charge is 2.14. The van der Waals surface area contributed by atoms with Crippen molar-refractivity contribution < 1.29 is 14.2 Å². The van der Waals surface area contributed by atoms with Crippen molar-refractivity contribution in [3.05, 3.63) is 29.3 Å². The van der Waals surface area contributed by atoms with Crippen LogP contribution >= 0.6 is 0 Å². The van der Waals surface area contributed by atoms with Crippen LogP contribution in [0.3, 0.4) is 0 Å². The lowest BCUT2D eigenvalue weighted by molar-refractivity contribution is 0.0168. The summed E-state index contributed by atoms with van der Waals surface area (Å²) in [5, 5.41) is 6.64. The van der Waals surface area contributed by atoms with Gasteiger partial charge in [-0.2, -0.15) is 0 Å². The standard InChI is InChI=1S/C20H33N3O3/c1-4-21-20(22-8-6-9-25-15-18-7-5-10-26-18)23-14-17-11-16(2)12-19(13-17)24-3/h11-13,18H,4-10,14-15H2,1-3H3,(H2,21,22,23). The molecule has 1 unspecified atom stereocenters. The number of ether oxygens (including phenoxy) is 3. The smallest absolute Gasteiger partial charge is 0.191 e. The molecule has 2 rings (SSSR count). The van der Waals surface area contributed by atoms with E-state index in [4.69, 9.17) is 14.2 Å². The number of nitrogens with one attached hydrogen (secondary N) is 2. The van der Waals surface area contributed by atoms with Gasteiger partial charge in [-0.15, -0.1) is 0 Å². The lowest BCUT2D eigenvalue weighted by Gasteiger charge is -2.13. The van der Waals surface area contributed by atoms with Crippen molar-refractivity contribution in [3.63, 3.8) is 0 Å². The molecule has 0 spiro atoms. The van der Waals surface area contributed by atoms with Crippen LogP contribution in [0.2, 0.25) is 0 Å². The Morgan fingerprint density at radius 1 is 1.31 bits per heavy atom. The van der Waals surface area contributed by atoms with Gasteiger partial charge >= 0.3 is 0 Å². The molecule has 0 aliphatic carbocycles. The second-order valence-corrected chi connectivity index (χ2v) is 6.54. The molecular formula is C20H33N3O3.